The molecule has 0 aromatic heterocycles. The summed E-state index contributed by atoms with van der Waals surface area (Å²) in [6.07, 6.45) is 1.93. The molecule has 1 aromatic rings. The molecule has 3 rings (SSSR count). The van der Waals surface area contributed by atoms with Gasteiger partial charge in [0.25, 0.3) is 0 Å². The predicted octanol–water partition coefficient (Wildman–Crippen LogP) is 1.70. The van der Waals surface area contributed by atoms with Crippen LogP contribution < -0.4 is 10.2 Å². The lowest BCUT2D eigenvalue weighted by atomic mass is 9.94. The largest absolute Gasteiger partial charge is 0.357 e. The fraction of sp³-hybridized carbons (Fsp3) is 0.417. The first-order valence-electron chi connectivity index (χ1n) is 5.58. The zero-order valence-electron chi connectivity index (χ0n) is 8.87. The quantitative estimate of drug-likeness (QED) is 0.785. The van der Waals surface area contributed by atoms with E-state index in [4.69, 9.17) is 0 Å². The topological polar surface area (TPSA) is 32.3 Å². The number of carbonyl (C=O) groups excluding carboxylic acids is 1. The first-order valence-corrected chi connectivity index (χ1v) is 6.38. The van der Waals surface area contributed by atoms with E-state index >= 15 is 0 Å². The van der Waals surface area contributed by atoms with Gasteiger partial charge in [-0.15, -0.1) is 0 Å². The van der Waals surface area contributed by atoms with Gasteiger partial charge in [-0.2, -0.15) is 0 Å². The maximum absolute atomic E-state index is 11.8. The first-order chi connectivity index (χ1) is 7.75. The summed E-state index contributed by atoms with van der Waals surface area (Å²) in [7, 11) is 0. The van der Waals surface area contributed by atoms with Crippen LogP contribution in [0.5, 0.6) is 0 Å². The minimum Gasteiger partial charge on any atom is -0.357 e. The Kier molecular flexibility index (Phi) is 2.39. The van der Waals surface area contributed by atoms with Crippen molar-refractivity contribution in [3.05, 3.63) is 28.2 Å². The number of nitrogens with one attached hydrogen (secondary N) is 1. The molecule has 1 atom stereocenters. The van der Waals surface area contributed by atoms with Crippen molar-refractivity contribution in [2.75, 3.05) is 18.0 Å². The second-order valence-electron chi connectivity index (χ2n) is 4.31. The molecule has 0 aliphatic carbocycles. The molecule has 0 saturated carbocycles. The molecular weight excluding hydrogens is 268 g/mol. The standard InChI is InChI=1S/C12H13BrN2O/c13-9-3-1-8-2-4-10-12(16)14-5-6-15(10)11(8)7-9/h1,3,7,10H,2,4-6H2,(H,14,16). The normalized spacial score (nSPS) is 23.4. The van der Waals surface area contributed by atoms with E-state index in [1.807, 2.05) is 0 Å². The van der Waals surface area contributed by atoms with Crippen molar-refractivity contribution in [2.24, 2.45) is 0 Å². The molecule has 0 radical (unpaired) electrons. The lowest BCUT2D eigenvalue weighted by Crippen LogP contribution is -2.57. The Hall–Kier alpha value is -1.03. The summed E-state index contributed by atoms with van der Waals surface area (Å²) in [6.45, 7) is 1.67. The summed E-state index contributed by atoms with van der Waals surface area (Å²) in [6, 6.07) is 6.39. The highest BCUT2D eigenvalue weighted by Crippen LogP contribution is 2.33. The number of amides is 1. The fourth-order valence-electron chi connectivity index (χ4n) is 2.60. The van der Waals surface area contributed by atoms with Gasteiger partial charge < -0.3 is 10.2 Å². The number of hydrogen-bond donors (Lipinski definition) is 1. The second kappa shape index (κ2) is 3.77. The molecule has 2 heterocycles. The van der Waals surface area contributed by atoms with Gasteiger partial charge in [0.2, 0.25) is 5.91 Å². The van der Waals surface area contributed by atoms with Gasteiger partial charge in [-0.1, -0.05) is 22.0 Å². The monoisotopic (exact) mass is 280 g/mol. The Balaban J connectivity index is 2.04. The van der Waals surface area contributed by atoms with Crippen molar-refractivity contribution < 1.29 is 4.79 Å². The Morgan fingerprint density at radius 3 is 3.19 bits per heavy atom. The van der Waals surface area contributed by atoms with E-state index in [9.17, 15) is 4.79 Å². The lowest BCUT2D eigenvalue weighted by molar-refractivity contribution is -0.123. The van der Waals surface area contributed by atoms with Crippen molar-refractivity contribution in [3.8, 4) is 0 Å². The molecule has 0 bridgehead atoms. The van der Waals surface area contributed by atoms with Crippen LogP contribution in [0.3, 0.4) is 0 Å². The average Bonchev–Trinajstić information content (AvgIpc) is 2.29. The molecule has 1 saturated heterocycles. The fourth-order valence-corrected chi connectivity index (χ4v) is 2.95. The summed E-state index contributed by atoms with van der Waals surface area (Å²) in [5.74, 6) is 0.178. The van der Waals surface area contributed by atoms with Crippen molar-refractivity contribution in [2.45, 2.75) is 18.9 Å². The highest BCUT2D eigenvalue weighted by atomic mass is 79.9. The SMILES string of the molecule is O=C1NCCN2c3cc(Br)ccc3CCC12. The first kappa shape index (κ1) is 10.1. The van der Waals surface area contributed by atoms with Gasteiger partial charge in [0.15, 0.2) is 0 Å². The van der Waals surface area contributed by atoms with Gasteiger partial charge in [0, 0.05) is 23.2 Å². The van der Waals surface area contributed by atoms with Gasteiger partial charge in [0.05, 0.1) is 0 Å². The van der Waals surface area contributed by atoms with Crippen LogP contribution >= 0.6 is 15.9 Å². The van der Waals surface area contributed by atoms with E-state index in [2.05, 4.69) is 44.3 Å². The van der Waals surface area contributed by atoms with E-state index in [1.54, 1.807) is 0 Å². The molecule has 1 aromatic carbocycles. The van der Waals surface area contributed by atoms with Crippen molar-refractivity contribution in [1.82, 2.24) is 5.32 Å². The summed E-state index contributed by atoms with van der Waals surface area (Å²) >= 11 is 3.49. The Morgan fingerprint density at radius 1 is 1.44 bits per heavy atom. The van der Waals surface area contributed by atoms with Gasteiger partial charge in [0.1, 0.15) is 6.04 Å². The number of aryl methyl sites for hydroxylation is 1. The molecular formula is C12H13BrN2O. The van der Waals surface area contributed by atoms with E-state index in [0.717, 1.165) is 30.4 Å². The molecule has 1 N–H and O–H groups in total. The molecule has 4 heteroatoms. The zero-order valence-corrected chi connectivity index (χ0v) is 10.5. The number of piperazine rings is 1. The zero-order chi connectivity index (χ0) is 11.1. The Labute approximate surface area is 103 Å². The molecule has 3 nitrogen and oxygen atoms in total. The van der Waals surface area contributed by atoms with Crippen LogP contribution in [0, 0.1) is 0 Å². The van der Waals surface area contributed by atoms with Crippen LogP contribution in [-0.4, -0.2) is 25.0 Å². The van der Waals surface area contributed by atoms with E-state index in [0.29, 0.717) is 0 Å². The maximum Gasteiger partial charge on any atom is 0.242 e. The van der Waals surface area contributed by atoms with E-state index in [-0.39, 0.29) is 11.9 Å². The molecule has 1 amide bonds. The Morgan fingerprint density at radius 2 is 2.31 bits per heavy atom. The summed E-state index contributed by atoms with van der Waals surface area (Å²) in [4.78, 5) is 14.0. The van der Waals surface area contributed by atoms with Crippen molar-refractivity contribution >= 4 is 27.5 Å². The maximum atomic E-state index is 11.8. The van der Waals surface area contributed by atoms with Gasteiger partial charge in [-0.05, 0) is 30.5 Å². The van der Waals surface area contributed by atoms with Crippen LogP contribution in [0.4, 0.5) is 5.69 Å². The third-order valence-electron chi connectivity index (χ3n) is 3.37. The highest BCUT2D eigenvalue weighted by Gasteiger charge is 2.33. The molecule has 2 aliphatic heterocycles. The van der Waals surface area contributed by atoms with Crippen molar-refractivity contribution in [3.63, 3.8) is 0 Å². The molecule has 84 valence electrons. The van der Waals surface area contributed by atoms with Crippen LogP contribution in [0.25, 0.3) is 0 Å². The second-order valence-corrected chi connectivity index (χ2v) is 5.23. The number of rotatable bonds is 0. The number of hydrogen-bond acceptors (Lipinski definition) is 2. The third-order valence-corrected chi connectivity index (χ3v) is 3.87. The van der Waals surface area contributed by atoms with Crippen LogP contribution in [-0.2, 0) is 11.2 Å². The van der Waals surface area contributed by atoms with Gasteiger partial charge in [-0.3, -0.25) is 4.79 Å². The smallest absolute Gasteiger partial charge is 0.242 e. The number of fused-ring (bicyclic) bond motifs is 3. The van der Waals surface area contributed by atoms with E-state index < -0.39 is 0 Å². The van der Waals surface area contributed by atoms with E-state index in [1.165, 1.54) is 11.3 Å². The summed E-state index contributed by atoms with van der Waals surface area (Å²) < 4.78 is 1.08. The van der Waals surface area contributed by atoms with Gasteiger partial charge in [-0.25, -0.2) is 0 Å². The number of nitrogens with zero attached hydrogens (tertiary/aromatic N) is 1. The molecule has 16 heavy (non-hydrogen) atoms. The number of anilines is 1. The molecule has 2 aliphatic rings. The van der Waals surface area contributed by atoms with Crippen LogP contribution in [0.15, 0.2) is 22.7 Å². The number of benzene rings is 1. The van der Waals surface area contributed by atoms with Crippen LogP contribution in [0.1, 0.15) is 12.0 Å². The molecule has 1 fully saturated rings. The van der Waals surface area contributed by atoms with Crippen molar-refractivity contribution in [1.29, 1.82) is 0 Å². The minimum atomic E-state index is 0.0375. The number of halogens is 1. The third kappa shape index (κ3) is 1.52. The number of carbonyl (C=O) groups is 1. The summed E-state index contributed by atoms with van der Waals surface area (Å²) in [5, 5.41) is 2.93. The van der Waals surface area contributed by atoms with Crippen LogP contribution in [0.2, 0.25) is 0 Å². The summed E-state index contributed by atoms with van der Waals surface area (Å²) in [5.41, 5.74) is 2.58. The predicted molar refractivity (Wildman–Crippen MR) is 66.6 cm³/mol. The highest BCUT2D eigenvalue weighted by molar-refractivity contribution is 9.10. The Bertz CT molecular complexity index is 447. The minimum absolute atomic E-state index is 0.0375. The lowest BCUT2D eigenvalue weighted by Gasteiger charge is -2.41. The average molecular weight is 281 g/mol. The van der Waals surface area contributed by atoms with Gasteiger partial charge >= 0.3 is 0 Å². The molecule has 1 unspecified atom stereocenters. The molecule has 0 spiro atoms.